The van der Waals surface area contributed by atoms with Gasteiger partial charge in [0.05, 0.1) is 37.4 Å². The van der Waals surface area contributed by atoms with E-state index in [1.54, 1.807) is 24.3 Å². The number of anilines is 1. The molecule has 0 aliphatic heterocycles. The van der Waals surface area contributed by atoms with E-state index in [2.05, 4.69) is 25.2 Å². The van der Waals surface area contributed by atoms with Gasteiger partial charge in [-0.2, -0.15) is 17.5 Å². The van der Waals surface area contributed by atoms with Crippen molar-refractivity contribution in [1.29, 1.82) is 0 Å². The molecule has 0 saturated carbocycles. The fourth-order valence-corrected chi connectivity index (χ4v) is 3.12. The molecule has 0 amide bonds. The molecule has 12 heteroatoms. The van der Waals surface area contributed by atoms with E-state index in [0.29, 0.717) is 5.56 Å². The zero-order valence-corrected chi connectivity index (χ0v) is 17.6. The smallest absolute Gasteiger partial charge is 0.407 e. The molecule has 0 spiro atoms. The van der Waals surface area contributed by atoms with Gasteiger partial charge in [-0.25, -0.2) is 9.73 Å². The first-order valence-electron chi connectivity index (χ1n) is 9.07. The molecule has 3 rings (SSSR count). The maximum Gasteiger partial charge on any atom is 0.407 e. The highest BCUT2D eigenvalue weighted by molar-refractivity contribution is 7.94. The molecule has 0 aliphatic rings. The van der Waals surface area contributed by atoms with E-state index >= 15 is 0 Å². The van der Waals surface area contributed by atoms with Crippen LogP contribution < -0.4 is 5.32 Å². The Morgan fingerprint density at radius 1 is 1.19 bits per heavy atom. The highest BCUT2D eigenvalue weighted by Gasteiger charge is 2.34. The van der Waals surface area contributed by atoms with Gasteiger partial charge in [0.25, 0.3) is 0 Å². The summed E-state index contributed by atoms with van der Waals surface area (Å²) in [5.74, 6) is 0.148. The number of aliphatic hydroxyl groups is 1. The predicted molar refractivity (Wildman–Crippen MR) is 109 cm³/mol. The summed E-state index contributed by atoms with van der Waals surface area (Å²) >= 11 is 1.01. The fraction of sp³-hybridized carbons (Fsp3) is 0.250. The Morgan fingerprint density at radius 2 is 1.91 bits per heavy atom. The summed E-state index contributed by atoms with van der Waals surface area (Å²) < 4.78 is 50.2. The Labute approximate surface area is 185 Å². The maximum atomic E-state index is 13.2. The van der Waals surface area contributed by atoms with Gasteiger partial charge in [0, 0.05) is 16.1 Å². The Bertz CT molecular complexity index is 1100. The molecule has 0 bridgehead atoms. The van der Waals surface area contributed by atoms with E-state index in [1.807, 2.05) is 0 Å². The van der Waals surface area contributed by atoms with Gasteiger partial charge in [0.2, 0.25) is 11.8 Å². The quantitative estimate of drug-likeness (QED) is 0.197. The Kier molecular flexibility index (Phi) is 7.37. The van der Waals surface area contributed by atoms with Crippen LogP contribution in [0.2, 0.25) is 0 Å². The van der Waals surface area contributed by atoms with Crippen LogP contribution in [0.5, 0.6) is 0 Å². The van der Waals surface area contributed by atoms with Crippen LogP contribution >= 0.6 is 12.0 Å². The second-order valence-electron chi connectivity index (χ2n) is 6.49. The zero-order chi connectivity index (χ0) is 23.3. The minimum atomic E-state index is -4.70. The molecule has 0 aliphatic carbocycles. The zero-order valence-electron chi connectivity index (χ0n) is 16.8. The highest BCUT2D eigenvalue weighted by Crippen LogP contribution is 2.39. The van der Waals surface area contributed by atoms with Crippen LogP contribution in [-0.2, 0) is 15.4 Å². The number of benzene rings is 2. The van der Waals surface area contributed by atoms with E-state index < -0.39 is 29.6 Å². The van der Waals surface area contributed by atoms with Crippen molar-refractivity contribution in [2.24, 2.45) is 0 Å². The first kappa shape index (κ1) is 23.6. The molecule has 2 aromatic carbocycles. The van der Waals surface area contributed by atoms with Gasteiger partial charge in [0.15, 0.2) is 5.69 Å². The molecule has 2 atom stereocenters. The summed E-state index contributed by atoms with van der Waals surface area (Å²) in [5.41, 5.74) is -0.969. The third-order valence-electron chi connectivity index (χ3n) is 4.23. The average Bonchev–Trinajstić information content (AvgIpc) is 3.25. The molecule has 2 N–H and O–H groups in total. The van der Waals surface area contributed by atoms with E-state index in [1.165, 1.54) is 20.1 Å². The molecule has 0 radical (unpaired) electrons. The summed E-state index contributed by atoms with van der Waals surface area (Å²) in [6.07, 6.45) is -5.78. The molecule has 1 aromatic heterocycles. The first-order valence-corrected chi connectivity index (χ1v) is 9.81. The lowest BCUT2D eigenvalue weighted by Crippen LogP contribution is -2.23. The topological polar surface area (TPSA) is 94.0 Å². The fourth-order valence-electron chi connectivity index (χ4n) is 2.72. The number of aromatic nitrogens is 2. The van der Waals surface area contributed by atoms with Crippen LogP contribution in [0.4, 0.5) is 24.5 Å². The maximum absolute atomic E-state index is 13.2. The van der Waals surface area contributed by atoms with Crippen molar-refractivity contribution < 1.29 is 31.9 Å². The number of alkyl halides is 3. The van der Waals surface area contributed by atoms with Crippen molar-refractivity contribution in [3.05, 3.63) is 65.3 Å². The summed E-state index contributed by atoms with van der Waals surface area (Å²) in [6, 6.07) is 9.09. The van der Waals surface area contributed by atoms with Crippen molar-refractivity contribution in [2.75, 3.05) is 12.4 Å². The van der Waals surface area contributed by atoms with Crippen molar-refractivity contribution >= 4 is 23.4 Å². The van der Waals surface area contributed by atoms with Crippen LogP contribution in [0.3, 0.4) is 0 Å². The number of halogens is 3. The number of nitrogens with one attached hydrogen (secondary N) is 1. The highest BCUT2D eigenvalue weighted by atomic mass is 32.2. The van der Waals surface area contributed by atoms with Gasteiger partial charge in [-0.1, -0.05) is 6.07 Å². The van der Waals surface area contributed by atoms with Crippen molar-refractivity contribution in [3.8, 4) is 11.5 Å². The molecule has 0 saturated heterocycles. The molecule has 1 heterocycles. The molecule has 168 valence electrons. The van der Waals surface area contributed by atoms with Gasteiger partial charge < -0.3 is 14.8 Å². The van der Waals surface area contributed by atoms with E-state index in [0.717, 1.165) is 29.1 Å². The lowest BCUT2D eigenvalue weighted by Gasteiger charge is -2.20. The summed E-state index contributed by atoms with van der Waals surface area (Å²) in [7, 11) is 1.39. The van der Waals surface area contributed by atoms with E-state index in [9.17, 15) is 18.3 Å². The van der Waals surface area contributed by atoms with Crippen molar-refractivity contribution in [3.63, 3.8) is 0 Å². The average molecular weight is 466 g/mol. The van der Waals surface area contributed by atoms with Crippen molar-refractivity contribution in [2.45, 2.75) is 30.1 Å². The van der Waals surface area contributed by atoms with E-state index in [-0.39, 0.29) is 17.5 Å². The van der Waals surface area contributed by atoms with Gasteiger partial charge in [0.1, 0.15) is 6.04 Å². The number of hydrogen-bond acceptors (Lipinski definition) is 8. The Balaban J connectivity index is 1.83. The minimum Gasteiger partial charge on any atom is -0.418 e. The normalized spacial score (nSPS) is 13.4. The summed E-state index contributed by atoms with van der Waals surface area (Å²) in [6.45, 7) is 8.36. The predicted octanol–water partition coefficient (Wildman–Crippen LogP) is 5.43. The van der Waals surface area contributed by atoms with Gasteiger partial charge in [-0.3, -0.25) is 0 Å². The van der Waals surface area contributed by atoms with Crippen molar-refractivity contribution in [1.82, 2.24) is 10.2 Å². The molecule has 0 unspecified atom stereocenters. The van der Waals surface area contributed by atoms with Crippen LogP contribution in [0.15, 0.2) is 51.8 Å². The minimum absolute atomic E-state index is 0.0148. The third kappa shape index (κ3) is 5.57. The molecule has 32 heavy (non-hydrogen) atoms. The summed E-state index contributed by atoms with van der Waals surface area (Å²) in [5, 5.41) is 20.8. The first-order chi connectivity index (χ1) is 15.2. The summed E-state index contributed by atoms with van der Waals surface area (Å²) in [4.78, 5) is 8.19. The Morgan fingerprint density at radius 3 is 2.50 bits per heavy atom. The lowest BCUT2D eigenvalue weighted by molar-refractivity contribution is -0.160. The number of aliphatic hydroxyl groups excluding tert-OH is 1. The number of nitrogens with zero attached hydrogens (tertiary/aromatic N) is 3. The standard InChI is InChI=1S/C20H17F3N4O4S/c1-11(28)17(25-13-6-9-16(24-2)15(10-13)20(21,22)23)19-27-26-18(30-19)12-4-7-14(8-5-12)32-31-29-3/h4-11,17,25,28H,1,3H3/t11-,17-/m1/s1. The molecular formula is C20H17F3N4O4S. The second-order valence-corrected chi connectivity index (χ2v) is 7.27. The monoisotopic (exact) mass is 466 g/mol. The SMILES string of the molecule is [C-]#[N+]c1ccc(N[C@@H](c2nnc(-c3ccc(SOOC)cc3)o2)[C@@H](C)O)cc1C(F)(F)F. The van der Waals surface area contributed by atoms with Crippen LogP contribution in [0.1, 0.15) is 24.4 Å². The van der Waals surface area contributed by atoms with Gasteiger partial charge >= 0.3 is 6.18 Å². The number of hydrogen-bond donors (Lipinski definition) is 2. The lowest BCUT2D eigenvalue weighted by atomic mass is 10.1. The van der Waals surface area contributed by atoms with Gasteiger partial charge in [-0.15, -0.1) is 10.2 Å². The Hall–Kier alpha value is -3.11. The van der Waals surface area contributed by atoms with Crippen LogP contribution in [-0.4, -0.2) is 28.5 Å². The largest absolute Gasteiger partial charge is 0.418 e. The molecular weight excluding hydrogens is 449 g/mol. The molecule has 3 aromatic rings. The number of rotatable bonds is 8. The molecule has 0 fully saturated rings. The van der Waals surface area contributed by atoms with Crippen LogP contribution in [0, 0.1) is 6.57 Å². The van der Waals surface area contributed by atoms with Gasteiger partial charge in [-0.05, 0) is 43.3 Å². The van der Waals surface area contributed by atoms with E-state index in [4.69, 9.17) is 15.3 Å². The molecule has 8 nitrogen and oxygen atoms in total. The third-order valence-corrected chi connectivity index (χ3v) is 4.90. The second kappa shape index (κ2) is 10.0. The van der Waals surface area contributed by atoms with Crippen LogP contribution in [0.25, 0.3) is 16.3 Å².